The van der Waals surface area contributed by atoms with Gasteiger partial charge in [0, 0.05) is 29.0 Å². The van der Waals surface area contributed by atoms with Gasteiger partial charge in [0.25, 0.3) is 5.91 Å². The number of H-pyrrole nitrogens is 1. The molecule has 0 unspecified atom stereocenters. The van der Waals surface area contributed by atoms with Crippen molar-refractivity contribution in [1.82, 2.24) is 15.0 Å². The first kappa shape index (κ1) is 26.4. The van der Waals surface area contributed by atoms with Gasteiger partial charge in [-0.25, -0.2) is 21.6 Å². The summed E-state index contributed by atoms with van der Waals surface area (Å²) in [7, 11) is -7.68. The highest BCUT2D eigenvalue weighted by molar-refractivity contribution is 7.92. The third-order valence-corrected chi connectivity index (χ3v) is 10.3. The first-order valence-electron chi connectivity index (χ1n) is 10.9. The summed E-state index contributed by atoms with van der Waals surface area (Å²) in [5.41, 5.74) is 1.91. The summed E-state index contributed by atoms with van der Waals surface area (Å²) in [5, 5.41) is 5.01. The van der Waals surface area contributed by atoms with Crippen molar-refractivity contribution >= 4 is 59.6 Å². The van der Waals surface area contributed by atoms with Gasteiger partial charge in [-0.1, -0.05) is 23.7 Å². The lowest BCUT2D eigenvalue weighted by Crippen LogP contribution is -2.30. The molecule has 4 aromatic rings. The zero-order valence-electron chi connectivity index (χ0n) is 19.5. The lowest BCUT2D eigenvalue weighted by atomic mass is 10.2. The van der Waals surface area contributed by atoms with Gasteiger partial charge >= 0.3 is 0 Å². The second kappa shape index (κ2) is 10.3. The van der Waals surface area contributed by atoms with Crippen LogP contribution in [-0.4, -0.2) is 40.8 Å². The molecule has 0 fully saturated rings. The van der Waals surface area contributed by atoms with Crippen molar-refractivity contribution in [2.45, 2.75) is 34.3 Å². The van der Waals surface area contributed by atoms with E-state index in [1.165, 1.54) is 12.1 Å². The molecule has 2 heterocycles. The van der Waals surface area contributed by atoms with Crippen molar-refractivity contribution < 1.29 is 21.6 Å². The minimum atomic E-state index is -4.08. The summed E-state index contributed by atoms with van der Waals surface area (Å²) in [6.45, 7) is 3.85. The third kappa shape index (κ3) is 5.50. The molecule has 2 aromatic heterocycles. The molecule has 0 aliphatic carbocycles. The highest BCUT2D eigenvalue weighted by Crippen LogP contribution is 2.34. The van der Waals surface area contributed by atoms with Crippen molar-refractivity contribution in [1.29, 1.82) is 0 Å². The fourth-order valence-electron chi connectivity index (χ4n) is 3.86. The predicted octanol–water partition coefficient (Wildman–Crippen LogP) is 4.43. The Morgan fingerprint density at radius 1 is 1.00 bits per heavy atom. The number of aromatic amines is 1. The number of halogens is 1. The van der Waals surface area contributed by atoms with Crippen LogP contribution in [0, 0.1) is 13.8 Å². The minimum absolute atomic E-state index is 0.0814. The molecule has 2 aromatic carbocycles. The number of fused-ring (bicyclic) bond motifs is 1. The Hall–Kier alpha value is -2.70. The number of amides is 1. The molecule has 0 saturated carbocycles. The molecule has 8 nitrogen and oxygen atoms in total. The SMILES string of the molecule is Cc1cc(C)cc(S(=O)(=O)c2c(C(=O)NCCCNS(=O)(=O)c3cccs3)[nH]c3ccc(Cl)cc23)c1. The number of thiophene rings is 1. The van der Waals surface area contributed by atoms with E-state index in [2.05, 4.69) is 15.0 Å². The Balaban J connectivity index is 1.58. The molecule has 36 heavy (non-hydrogen) atoms. The maximum Gasteiger partial charge on any atom is 0.269 e. The van der Waals surface area contributed by atoms with E-state index in [1.807, 2.05) is 6.07 Å². The number of benzene rings is 2. The molecule has 4 rings (SSSR count). The number of hydrogen-bond acceptors (Lipinski definition) is 6. The summed E-state index contributed by atoms with van der Waals surface area (Å²) in [4.78, 5) is 16.0. The molecule has 3 N–H and O–H groups in total. The normalized spacial score (nSPS) is 12.2. The Bertz CT molecular complexity index is 1620. The van der Waals surface area contributed by atoms with Crippen LogP contribution >= 0.6 is 22.9 Å². The van der Waals surface area contributed by atoms with Crippen molar-refractivity contribution in [3.63, 3.8) is 0 Å². The number of nitrogens with one attached hydrogen (secondary N) is 3. The maximum atomic E-state index is 13.7. The van der Waals surface area contributed by atoms with Crippen LogP contribution in [-0.2, 0) is 19.9 Å². The van der Waals surface area contributed by atoms with E-state index in [0.29, 0.717) is 22.3 Å². The lowest BCUT2D eigenvalue weighted by Gasteiger charge is -2.10. The molecule has 1 amide bonds. The highest BCUT2D eigenvalue weighted by atomic mass is 35.5. The predicted molar refractivity (Wildman–Crippen MR) is 141 cm³/mol. The molecule has 12 heteroatoms. The number of hydrogen-bond donors (Lipinski definition) is 3. The number of aromatic nitrogens is 1. The van der Waals surface area contributed by atoms with Gasteiger partial charge in [0.2, 0.25) is 19.9 Å². The highest BCUT2D eigenvalue weighted by Gasteiger charge is 2.30. The summed E-state index contributed by atoms with van der Waals surface area (Å²) in [5.74, 6) is -0.619. The Morgan fingerprint density at radius 3 is 2.39 bits per heavy atom. The van der Waals surface area contributed by atoms with Crippen LogP contribution in [0.25, 0.3) is 10.9 Å². The Kier molecular flexibility index (Phi) is 7.58. The van der Waals surface area contributed by atoms with Crippen molar-refractivity contribution in [3.05, 3.63) is 75.8 Å². The minimum Gasteiger partial charge on any atom is -0.351 e. The van der Waals surface area contributed by atoms with Crippen LogP contribution in [0.1, 0.15) is 28.0 Å². The van der Waals surface area contributed by atoms with Crippen molar-refractivity contribution in [2.24, 2.45) is 0 Å². The second-order valence-electron chi connectivity index (χ2n) is 8.29. The van der Waals surface area contributed by atoms with Crippen LogP contribution in [0.3, 0.4) is 0 Å². The van der Waals surface area contributed by atoms with E-state index >= 15 is 0 Å². The molecule has 190 valence electrons. The number of carbonyl (C=O) groups excluding carboxylic acids is 1. The van der Waals surface area contributed by atoms with Crippen LogP contribution in [0.4, 0.5) is 0 Å². The summed E-state index contributed by atoms with van der Waals surface area (Å²) < 4.78 is 54.6. The molecule has 0 spiro atoms. The summed E-state index contributed by atoms with van der Waals surface area (Å²) in [6, 6.07) is 12.9. The molecule has 0 saturated heterocycles. The number of sulfone groups is 1. The fourth-order valence-corrected chi connectivity index (χ4v) is 7.93. The second-order valence-corrected chi connectivity index (χ2v) is 13.5. The fraction of sp³-hybridized carbons (Fsp3) is 0.208. The molecule has 0 bridgehead atoms. The summed E-state index contributed by atoms with van der Waals surface area (Å²) >= 11 is 7.27. The lowest BCUT2D eigenvalue weighted by molar-refractivity contribution is 0.0946. The smallest absolute Gasteiger partial charge is 0.269 e. The first-order valence-corrected chi connectivity index (χ1v) is 15.2. The first-order chi connectivity index (χ1) is 17.0. The third-order valence-electron chi connectivity index (χ3n) is 5.41. The van der Waals surface area contributed by atoms with Crippen molar-refractivity contribution in [2.75, 3.05) is 13.1 Å². The van der Waals surface area contributed by atoms with E-state index in [9.17, 15) is 21.6 Å². The van der Waals surface area contributed by atoms with Gasteiger partial charge in [-0.2, -0.15) is 0 Å². The standard InChI is InChI=1S/C24H24ClN3O5S3/c1-15-11-16(2)13-18(12-15)35(30,31)23-19-14-17(25)6-7-20(19)28-22(23)24(29)26-8-4-9-27-36(32,33)21-5-3-10-34-21/h3,5-7,10-14,27-28H,4,8-9H2,1-2H3,(H,26,29). The van der Waals surface area contributed by atoms with E-state index < -0.39 is 25.8 Å². The topological polar surface area (TPSA) is 125 Å². The van der Waals surface area contributed by atoms with E-state index in [0.717, 1.165) is 22.5 Å². The van der Waals surface area contributed by atoms with Crippen LogP contribution in [0.5, 0.6) is 0 Å². The van der Waals surface area contributed by atoms with Gasteiger partial charge in [-0.05, 0) is 73.2 Å². The van der Waals surface area contributed by atoms with Gasteiger partial charge in [-0.3, -0.25) is 4.79 Å². The maximum absolute atomic E-state index is 13.7. The number of sulfonamides is 1. The molecular weight excluding hydrogens is 542 g/mol. The summed E-state index contributed by atoms with van der Waals surface area (Å²) in [6.07, 6.45) is 0.307. The quantitative estimate of drug-likeness (QED) is 0.259. The van der Waals surface area contributed by atoms with Crippen molar-refractivity contribution in [3.8, 4) is 0 Å². The molecule has 0 atom stereocenters. The van der Waals surface area contributed by atoms with Gasteiger partial charge in [0.15, 0.2) is 0 Å². The number of aryl methyl sites for hydroxylation is 2. The van der Waals surface area contributed by atoms with Gasteiger partial charge in [-0.15, -0.1) is 11.3 Å². The Labute approximate surface area is 218 Å². The van der Waals surface area contributed by atoms with Crippen LogP contribution < -0.4 is 10.0 Å². The van der Waals surface area contributed by atoms with Crippen LogP contribution in [0.2, 0.25) is 5.02 Å². The van der Waals surface area contributed by atoms with Gasteiger partial charge in [0.05, 0.1) is 4.90 Å². The number of carbonyl (C=O) groups is 1. The Morgan fingerprint density at radius 2 is 1.72 bits per heavy atom. The van der Waals surface area contributed by atoms with E-state index in [-0.39, 0.29) is 32.8 Å². The average Bonchev–Trinajstić information content (AvgIpc) is 3.47. The monoisotopic (exact) mass is 565 g/mol. The van der Waals surface area contributed by atoms with Gasteiger partial charge in [0.1, 0.15) is 14.8 Å². The van der Waals surface area contributed by atoms with Crippen LogP contribution in [0.15, 0.2) is 67.9 Å². The van der Waals surface area contributed by atoms with Gasteiger partial charge < -0.3 is 10.3 Å². The zero-order chi connectivity index (χ0) is 26.1. The molecule has 0 aliphatic heterocycles. The zero-order valence-corrected chi connectivity index (χ0v) is 22.7. The van der Waals surface area contributed by atoms with E-state index in [4.69, 9.17) is 11.6 Å². The largest absolute Gasteiger partial charge is 0.351 e. The average molecular weight is 566 g/mol. The molecule has 0 radical (unpaired) electrons. The van der Waals surface area contributed by atoms with E-state index in [1.54, 1.807) is 49.6 Å². The molecular formula is C24H24ClN3O5S3. The number of rotatable bonds is 9. The molecule has 0 aliphatic rings.